The van der Waals surface area contributed by atoms with Crippen molar-refractivity contribution in [1.82, 2.24) is 4.98 Å². The van der Waals surface area contributed by atoms with Crippen LogP contribution in [0.25, 0.3) is 0 Å². The fourth-order valence-corrected chi connectivity index (χ4v) is 1.66. The van der Waals surface area contributed by atoms with Crippen LogP contribution in [0.2, 0.25) is 4.47 Å². The predicted molar refractivity (Wildman–Crippen MR) is 48.5 cm³/mol. The number of carbonyl (C=O) groups excluding carboxylic acids is 2. The molecule has 0 aliphatic carbocycles. The average Bonchev–Trinajstić information content (AvgIpc) is 2.47. The second kappa shape index (κ2) is 4.34. The van der Waals surface area contributed by atoms with Gasteiger partial charge in [0, 0.05) is 0 Å². The van der Waals surface area contributed by atoms with Gasteiger partial charge in [-0.05, 0) is 6.92 Å². The zero-order valence-corrected chi connectivity index (χ0v) is 8.32. The first-order valence-corrected chi connectivity index (χ1v) is 4.67. The van der Waals surface area contributed by atoms with Gasteiger partial charge in [0.15, 0.2) is 16.4 Å². The van der Waals surface area contributed by atoms with E-state index in [-0.39, 0.29) is 21.6 Å². The van der Waals surface area contributed by atoms with E-state index in [9.17, 15) is 9.59 Å². The molecule has 6 heteroatoms. The van der Waals surface area contributed by atoms with E-state index in [1.165, 1.54) is 0 Å². The zero-order chi connectivity index (χ0) is 9.84. The van der Waals surface area contributed by atoms with Crippen LogP contribution in [0.4, 0.5) is 0 Å². The average molecular weight is 220 g/mol. The van der Waals surface area contributed by atoms with Gasteiger partial charge in [-0.15, -0.1) is 0 Å². The van der Waals surface area contributed by atoms with E-state index in [1.54, 1.807) is 6.92 Å². The van der Waals surface area contributed by atoms with E-state index in [1.807, 2.05) is 0 Å². The number of aldehydes is 1. The summed E-state index contributed by atoms with van der Waals surface area (Å²) in [6.45, 7) is 1.92. The Morgan fingerprint density at radius 2 is 2.46 bits per heavy atom. The number of aromatic nitrogens is 1. The summed E-state index contributed by atoms with van der Waals surface area (Å²) in [7, 11) is 0. The molecule has 70 valence electrons. The second-order valence-corrected chi connectivity index (χ2v) is 3.63. The van der Waals surface area contributed by atoms with Crippen LogP contribution in [-0.4, -0.2) is 23.8 Å². The van der Waals surface area contributed by atoms with Crippen LogP contribution in [0.15, 0.2) is 0 Å². The summed E-state index contributed by atoms with van der Waals surface area (Å²) in [6.07, 6.45) is 0.538. The van der Waals surface area contributed by atoms with Crippen molar-refractivity contribution in [3.63, 3.8) is 0 Å². The molecule has 1 aromatic rings. The molecule has 13 heavy (non-hydrogen) atoms. The molecule has 0 saturated carbocycles. The summed E-state index contributed by atoms with van der Waals surface area (Å²) < 4.78 is 4.83. The summed E-state index contributed by atoms with van der Waals surface area (Å²) in [5.74, 6) is -0.618. The SMILES string of the molecule is CCOC(=O)c1nc(Cl)sc1C=O. The van der Waals surface area contributed by atoms with Crippen LogP contribution in [0.5, 0.6) is 0 Å². The highest BCUT2D eigenvalue weighted by molar-refractivity contribution is 7.17. The quantitative estimate of drug-likeness (QED) is 0.575. The molecule has 0 fully saturated rings. The van der Waals surface area contributed by atoms with Gasteiger partial charge in [0.25, 0.3) is 0 Å². The number of esters is 1. The Labute approximate surface area is 83.5 Å². The number of ether oxygens (including phenoxy) is 1. The van der Waals surface area contributed by atoms with Gasteiger partial charge in [0.05, 0.1) is 6.61 Å². The Morgan fingerprint density at radius 3 is 3.00 bits per heavy atom. The summed E-state index contributed by atoms with van der Waals surface area (Å²) in [6, 6.07) is 0. The Hall–Kier alpha value is -0.940. The van der Waals surface area contributed by atoms with Crippen molar-refractivity contribution in [1.29, 1.82) is 0 Å². The lowest BCUT2D eigenvalue weighted by Crippen LogP contribution is -2.07. The van der Waals surface area contributed by atoms with Crippen LogP contribution in [0.3, 0.4) is 0 Å². The van der Waals surface area contributed by atoms with Crippen LogP contribution in [0.1, 0.15) is 27.1 Å². The molecule has 0 spiro atoms. The Kier molecular flexibility index (Phi) is 3.39. The van der Waals surface area contributed by atoms with E-state index >= 15 is 0 Å². The molecule has 1 aromatic heterocycles. The summed E-state index contributed by atoms with van der Waals surface area (Å²) in [4.78, 5) is 25.5. The van der Waals surface area contributed by atoms with Crippen molar-refractivity contribution >= 4 is 35.2 Å². The van der Waals surface area contributed by atoms with Gasteiger partial charge in [-0.2, -0.15) is 0 Å². The third kappa shape index (κ3) is 2.26. The largest absolute Gasteiger partial charge is 0.461 e. The number of thiazole rings is 1. The highest BCUT2D eigenvalue weighted by Gasteiger charge is 2.17. The summed E-state index contributed by atoms with van der Waals surface area (Å²) in [5.41, 5.74) is -0.00755. The van der Waals surface area contributed by atoms with Crippen molar-refractivity contribution in [3.8, 4) is 0 Å². The molecule has 0 N–H and O–H groups in total. The lowest BCUT2D eigenvalue weighted by atomic mass is 10.4. The van der Waals surface area contributed by atoms with Crippen LogP contribution >= 0.6 is 22.9 Å². The van der Waals surface area contributed by atoms with Crippen molar-refractivity contribution in [2.75, 3.05) is 6.61 Å². The molecule has 0 atom stereocenters. The van der Waals surface area contributed by atoms with E-state index in [0.29, 0.717) is 6.29 Å². The van der Waals surface area contributed by atoms with Gasteiger partial charge >= 0.3 is 5.97 Å². The van der Waals surface area contributed by atoms with E-state index in [4.69, 9.17) is 11.6 Å². The van der Waals surface area contributed by atoms with Crippen molar-refractivity contribution in [3.05, 3.63) is 15.0 Å². The Balaban J connectivity index is 2.98. The monoisotopic (exact) mass is 219 g/mol. The molecule has 1 rings (SSSR count). The minimum atomic E-state index is -0.618. The van der Waals surface area contributed by atoms with Crippen LogP contribution in [-0.2, 0) is 4.74 Å². The number of hydrogen-bond acceptors (Lipinski definition) is 5. The zero-order valence-electron chi connectivity index (χ0n) is 6.74. The lowest BCUT2D eigenvalue weighted by molar-refractivity contribution is 0.0518. The first kappa shape index (κ1) is 10.1. The molecule has 0 saturated heterocycles. The number of rotatable bonds is 3. The maximum absolute atomic E-state index is 11.1. The van der Waals surface area contributed by atoms with Gasteiger partial charge in [0.2, 0.25) is 0 Å². The van der Waals surface area contributed by atoms with Gasteiger partial charge in [-0.3, -0.25) is 4.79 Å². The fourth-order valence-electron chi connectivity index (χ4n) is 0.730. The number of hydrogen-bond donors (Lipinski definition) is 0. The summed E-state index contributed by atoms with van der Waals surface area (Å²) >= 11 is 6.48. The maximum atomic E-state index is 11.1. The van der Waals surface area contributed by atoms with Gasteiger partial charge in [-0.25, -0.2) is 9.78 Å². The predicted octanol–water partition coefficient (Wildman–Crippen LogP) is 1.79. The van der Waals surface area contributed by atoms with E-state index in [2.05, 4.69) is 9.72 Å². The highest BCUT2D eigenvalue weighted by atomic mass is 35.5. The molecule has 0 aliphatic heterocycles. The molecule has 0 amide bonds. The minimum absolute atomic E-state index is 0.00755. The topological polar surface area (TPSA) is 56.3 Å². The first-order chi connectivity index (χ1) is 6.19. The smallest absolute Gasteiger partial charge is 0.358 e. The molecular formula is C7H6ClNO3S. The molecule has 0 aliphatic rings. The van der Waals surface area contributed by atoms with Gasteiger partial charge < -0.3 is 4.74 Å². The van der Waals surface area contributed by atoms with Crippen molar-refractivity contribution in [2.45, 2.75) is 6.92 Å². The van der Waals surface area contributed by atoms with Gasteiger partial charge in [0.1, 0.15) is 4.88 Å². The highest BCUT2D eigenvalue weighted by Crippen LogP contribution is 2.21. The minimum Gasteiger partial charge on any atom is -0.461 e. The van der Waals surface area contributed by atoms with Crippen molar-refractivity contribution in [2.24, 2.45) is 0 Å². The molecule has 0 bridgehead atoms. The third-order valence-corrected chi connectivity index (χ3v) is 2.29. The standard InChI is InChI=1S/C7H6ClNO3S/c1-2-12-6(11)5-4(3-10)13-7(8)9-5/h3H,2H2,1H3. The molecule has 4 nitrogen and oxygen atoms in total. The third-order valence-electron chi connectivity index (χ3n) is 1.20. The van der Waals surface area contributed by atoms with Crippen molar-refractivity contribution < 1.29 is 14.3 Å². The molecule has 0 unspecified atom stereocenters. The lowest BCUT2D eigenvalue weighted by Gasteiger charge is -1.96. The number of nitrogens with zero attached hydrogens (tertiary/aromatic N) is 1. The normalized spacial score (nSPS) is 9.69. The van der Waals surface area contributed by atoms with E-state index < -0.39 is 5.97 Å². The second-order valence-electron chi connectivity index (χ2n) is 2.02. The van der Waals surface area contributed by atoms with Crippen LogP contribution in [0, 0.1) is 0 Å². The molecule has 0 radical (unpaired) electrons. The fraction of sp³-hybridized carbons (Fsp3) is 0.286. The Morgan fingerprint density at radius 1 is 1.77 bits per heavy atom. The van der Waals surface area contributed by atoms with Gasteiger partial charge in [-0.1, -0.05) is 22.9 Å². The van der Waals surface area contributed by atoms with Crippen LogP contribution < -0.4 is 0 Å². The number of carbonyl (C=O) groups is 2. The molecule has 1 heterocycles. The maximum Gasteiger partial charge on any atom is 0.358 e. The number of halogens is 1. The molecular weight excluding hydrogens is 214 g/mol. The Bertz CT molecular complexity index is 336. The first-order valence-electron chi connectivity index (χ1n) is 3.47. The molecule has 0 aromatic carbocycles. The summed E-state index contributed by atoms with van der Waals surface area (Å²) in [5, 5.41) is 0. The van der Waals surface area contributed by atoms with E-state index in [0.717, 1.165) is 11.3 Å².